The number of rotatable bonds is 6. The van der Waals surface area contributed by atoms with Gasteiger partial charge in [-0.25, -0.2) is 9.97 Å². The van der Waals surface area contributed by atoms with E-state index in [0.29, 0.717) is 16.7 Å². The smallest absolute Gasteiger partial charge is 0.236 e. The summed E-state index contributed by atoms with van der Waals surface area (Å²) in [7, 11) is 0. The van der Waals surface area contributed by atoms with Gasteiger partial charge in [0.2, 0.25) is 11.0 Å². The molecule has 0 aliphatic heterocycles. The fourth-order valence-electron chi connectivity index (χ4n) is 2.19. The number of benzene rings is 1. The minimum absolute atomic E-state index is 0.143. The van der Waals surface area contributed by atoms with Gasteiger partial charge in [-0.15, -0.1) is 10.2 Å². The number of carbonyl (C=O) groups excluding carboxylic acids is 1. The molecule has 3 rings (SSSR count). The minimum atomic E-state index is -0.143. The quantitative estimate of drug-likeness (QED) is 0.529. The molecule has 8 heteroatoms. The molecule has 128 valence electrons. The normalized spacial score (nSPS) is 10.6. The molecule has 0 bridgehead atoms. The van der Waals surface area contributed by atoms with Crippen molar-refractivity contribution in [3.8, 4) is 0 Å². The van der Waals surface area contributed by atoms with E-state index in [9.17, 15) is 4.79 Å². The Morgan fingerprint density at radius 1 is 1.12 bits per heavy atom. The van der Waals surface area contributed by atoms with Gasteiger partial charge in [-0.2, -0.15) is 0 Å². The van der Waals surface area contributed by atoms with Crippen LogP contribution in [-0.4, -0.2) is 31.8 Å². The van der Waals surface area contributed by atoms with Crippen LogP contribution < -0.4 is 5.32 Å². The Hall–Kier alpha value is -2.32. The van der Waals surface area contributed by atoms with E-state index in [4.69, 9.17) is 0 Å². The van der Waals surface area contributed by atoms with Gasteiger partial charge in [-0.05, 0) is 25.5 Å². The summed E-state index contributed by atoms with van der Waals surface area (Å²) >= 11 is 2.70. The van der Waals surface area contributed by atoms with Crippen molar-refractivity contribution in [1.82, 2.24) is 20.2 Å². The molecule has 1 aromatic carbocycles. The molecule has 1 amide bonds. The number of aromatic nitrogens is 4. The Kier molecular flexibility index (Phi) is 5.72. The van der Waals surface area contributed by atoms with Gasteiger partial charge in [0, 0.05) is 17.8 Å². The zero-order chi connectivity index (χ0) is 17.6. The molecule has 0 fully saturated rings. The first-order valence-electron chi connectivity index (χ1n) is 7.70. The largest absolute Gasteiger partial charge is 0.300 e. The predicted molar refractivity (Wildman–Crippen MR) is 100 cm³/mol. The highest BCUT2D eigenvalue weighted by molar-refractivity contribution is 7.99. The molecule has 0 saturated carbocycles. The Morgan fingerprint density at radius 2 is 1.84 bits per heavy atom. The van der Waals surface area contributed by atoms with Crippen LogP contribution in [0.4, 0.5) is 5.13 Å². The summed E-state index contributed by atoms with van der Waals surface area (Å²) in [4.78, 5) is 20.7. The highest BCUT2D eigenvalue weighted by atomic mass is 32.2. The van der Waals surface area contributed by atoms with E-state index < -0.39 is 0 Å². The molecule has 6 nitrogen and oxygen atoms in total. The fourth-order valence-corrected chi connectivity index (χ4v) is 3.73. The first-order chi connectivity index (χ1) is 12.1. The molecule has 2 aromatic heterocycles. The molecule has 0 atom stereocenters. The molecule has 0 spiro atoms. The van der Waals surface area contributed by atoms with Crippen molar-refractivity contribution in [1.29, 1.82) is 0 Å². The zero-order valence-corrected chi connectivity index (χ0v) is 15.5. The van der Waals surface area contributed by atoms with Crippen molar-refractivity contribution in [2.45, 2.75) is 25.4 Å². The van der Waals surface area contributed by atoms with Gasteiger partial charge in [0.15, 0.2) is 5.16 Å². The highest BCUT2D eigenvalue weighted by Crippen LogP contribution is 2.19. The van der Waals surface area contributed by atoms with Crippen molar-refractivity contribution in [2.24, 2.45) is 0 Å². The van der Waals surface area contributed by atoms with Gasteiger partial charge in [0.1, 0.15) is 5.01 Å². The lowest BCUT2D eigenvalue weighted by Crippen LogP contribution is -2.14. The van der Waals surface area contributed by atoms with Crippen LogP contribution in [0.25, 0.3) is 0 Å². The third-order valence-corrected chi connectivity index (χ3v) is 4.89. The van der Waals surface area contributed by atoms with Crippen molar-refractivity contribution in [2.75, 3.05) is 11.1 Å². The Balaban J connectivity index is 1.53. The molecular formula is C17H17N5OS2. The first kappa shape index (κ1) is 17.5. The zero-order valence-electron chi connectivity index (χ0n) is 13.9. The van der Waals surface area contributed by atoms with Crippen LogP contribution >= 0.6 is 23.1 Å². The lowest BCUT2D eigenvalue weighted by atomic mass is 10.2. The summed E-state index contributed by atoms with van der Waals surface area (Å²) in [6.07, 6.45) is 0.708. The average molecular weight is 371 g/mol. The van der Waals surface area contributed by atoms with Crippen LogP contribution in [0.5, 0.6) is 0 Å². The summed E-state index contributed by atoms with van der Waals surface area (Å²) < 4.78 is 0. The van der Waals surface area contributed by atoms with Gasteiger partial charge in [0.25, 0.3) is 0 Å². The molecular weight excluding hydrogens is 354 g/mol. The van der Waals surface area contributed by atoms with Crippen molar-refractivity contribution < 1.29 is 4.79 Å². The second kappa shape index (κ2) is 8.17. The van der Waals surface area contributed by atoms with Crippen molar-refractivity contribution in [3.63, 3.8) is 0 Å². The molecule has 0 aliphatic rings. The van der Waals surface area contributed by atoms with Crippen LogP contribution in [0.2, 0.25) is 0 Å². The van der Waals surface area contributed by atoms with Crippen molar-refractivity contribution >= 4 is 34.1 Å². The number of amides is 1. The van der Waals surface area contributed by atoms with Gasteiger partial charge in [-0.1, -0.05) is 53.4 Å². The third kappa shape index (κ3) is 5.33. The van der Waals surface area contributed by atoms with Gasteiger partial charge < -0.3 is 0 Å². The number of carbonyl (C=O) groups is 1. The summed E-state index contributed by atoms with van der Waals surface area (Å²) in [5.74, 6) is 0.0893. The Bertz CT molecular complexity index is 846. The van der Waals surface area contributed by atoms with E-state index in [-0.39, 0.29) is 11.7 Å². The first-order valence-corrected chi connectivity index (χ1v) is 9.50. The second-order valence-electron chi connectivity index (χ2n) is 5.43. The summed E-state index contributed by atoms with van der Waals surface area (Å²) in [5.41, 5.74) is 2.95. The van der Waals surface area contributed by atoms with Crippen molar-refractivity contribution in [3.05, 3.63) is 58.4 Å². The number of nitrogens with zero attached hydrogens (tertiary/aromatic N) is 4. The van der Waals surface area contributed by atoms with E-state index in [1.807, 2.05) is 50.2 Å². The minimum Gasteiger partial charge on any atom is -0.300 e. The Labute approximate surface area is 154 Å². The van der Waals surface area contributed by atoms with Gasteiger partial charge in [0.05, 0.1) is 5.75 Å². The molecule has 0 unspecified atom stereocenters. The van der Waals surface area contributed by atoms with Crippen LogP contribution in [0, 0.1) is 13.8 Å². The maximum absolute atomic E-state index is 12.1. The molecule has 2 heterocycles. The lowest BCUT2D eigenvalue weighted by Gasteiger charge is -2.02. The lowest BCUT2D eigenvalue weighted by molar-refractivity contribution is -0.113. The third-order valence-electron chi connectivity index (χ3n) is 3.21. The summed E-state index contributed by atoms with van der Waals surface area (Å²) in [6, 6.07) is 11.9. The second-order valence-corrected chi connectivity index (χ2v) is 7.44. The summed E-state index contributed by atoms with van der Waals surface area (Å²) in [5, 5.41) is 12.9. The van der Waals surface area contributed by atoms with Gasteiger partial charge >= 0.3 is 0 Å². The van der Waals surface area contributed by atoms with E-state index in [1.54, 1.807) is 0 Å². The molecule has 0 radical (unpaired) electrons. The van der Waals surface area contributed by atoms with E-state index in [2.05, 4.69) is 25.5 Å². The maximum atomic E-state index is 12.1. The SMILES string of the molecule is Cc1cc(C)nc(SCC(=O)Nc2nnc(Cc3ccccc3)s2)n1. The van der Waals surface area contributed by atoms with Crippen LogP contribution in [0.3, 0.4) is 0 Å². The molecule has 0 aliphatic carbocycles. The molecule has 3 aromatic rings. The number of aryl methyl sites for hydroxylation is 2. The van der Waals surface area contributed by atoms with E-state index in [1.165, 1.54) is 28.7 Å². The average Bonchev–Trinajstić information content (AvgIpc) is 3.00. The number of hydrogen-bond donors (Lipinski definition) is 1. The monoisotopic (exact) mass is 371 g/mol. The topological polar surface area (TPSA) is 80.7 Å². The fraction of sp³-hybridized carbons (Fsp3) is 0.235. The maximum Gasteiger partial charge on any atom is 0.236 e. The summed E-state index contributed by atoms with van der Waals surface area (Å²) in [6.45, 7) is 3.82. The van der Waals surface area contributed by atoms with E-state index in [0.717, 1.165) is 16.4 Å². The number of thioether (sulfide) groups is 1. The molecule has 25 heavy (non-hydrogen) atoms. The highest BCUT2D eigenvalue weighted by Gasteiger charge is 2.10. The standard InChI is InChI=1S/C17H17N5OS2/c1-11-8-12(2)19-16(18-11)24-10-14(23)20-17-22-21-15(25-17)9-13-6-4-3-5-7-13/h3-8H,9-10H2,1-2H3,(H,20,22,23). The number of nitrogens with one attached hydrogen (secondary N) is 1. The molecule has 0 saturated heterocycles. The number of hydrogen-bond acceptors (Lipinski definition) is 7. The van der Waals surface area contributed by atoms with Crippen LogP contribution in [-0.2, 0) is 11.2 Å². The molecule has 1 N–H and O–H groups in total. The predicted octanol–water partition coefficient (Wildman–Crippen LogP) is 3.27. The Morgan fingerprint density at radius 3 is 2.56 bits per heavy atom. The number of anilines is 1. The van der Waals surface area contributed by atoms with Crippen LogP contribution in [0.15, 0.2) is 41.6 Å². The van der Waals surface area contributed by atoms with E-state index >= 15 is 0 Å². The van der Waals surface area contributed by atoms with Crippen LogP contribution in [0.1, 0.15) is 22.0 Å². The van der Waals surface area contributed by atoms with Gasteiger partial charge in [-0.3, -0.25) is 10.1 Å².